The van der Waals surface area contributed by atoms with Gasteiger partial charge in [0.1, 0.15) is 23.1 Å². The average molecular weight is 1630 g/mol. The van der Waals surface area contributed by atoms with Gasteiger partial charge in [-0.2, -0.15) is 0 Å². The number of aromatic hydroxyl groups is 1. The lowest BCUT2D eigenvalue weighted by Gasteiger charge is -2.28. The van der Waals surface area contributed by atoms with Crippen molar-refractivity contribution in [1.82, 2.24) is 30.7 Å². The van der Waals surface area contributed by atoms with Crippen molar-refractivity contribution in [2.45, 2.75) is 112 Å². The number of nitrogens with one attached hydrogen (secondary N) is 3. The molecular formula is C90H96N8O19S. The van der Waals surface area contributed by atoms with E-state index < -0.39 is 64.6 Å². The van der Waals surface area contributed by atoms with E-state index in [-0.39, 0.29) is 154 Å². The number of imide groups is 1. The minimum atomic E-state index is -1.39. The zero-order chi connectivity index (χ0) is 84.0. The maximum absolute atomic E-state index is 15.1. The molecule has 7 N–H and O–H groups in total. The summed E-state index contributed by atoms with van der Waals surface area (Å²) in [5, 5.41) is 29.1. The first-order valence-electron chi connectivity index (χ1n) is 39.0. The summed E-state index contributed by atoms with van der Waals surface area (Å²) in [4.78, 5) is 143. The van der Waals surface area contributed by atoms with Gasteiger partial charge < -0.3 is 79.4 Å². The second-order valence-electron chi connectivity index (χ2n) is 30.3. The normalized spacial score (nSPS) is 15.7. The van der Waals surface area contributed by atoms with Crippen LogP contribution in [-0.2, 0) is 64.5 Å². The highest BCUT2D eigenvalue weighted by Gasteiger charge is 2.41. The number of fused-ring (bicyclic) bond motifs is 5. The molecule has 6 aromatic carbocycles. The lowest BCUT2D eigenvalue weighted by molar-refractivity contribution is -0.134. The molecule has 1 unspecified atom stereocenters. The summed E-state index contributed by atoms with van der Waals surface area (Å²) in [6, 6.07) is 37.7. The molecule has 0 spiro atoms. The molecule has 27 nitrogen and oxygen atoms in total. The minimum Gasteiger partial charge on any atom is -0.508 e. The third-order valence-electron chi connectivity index (χ3n) is 20.5. The second-order valence-corrected chi connectivity index (χ2v) is 31.5. The molecule has 12 rings (SSSR count). The number of amides is 8. The highest BCUT2D eigenvalue weighted by Crippen LogP contribution is 2.44. The van der Waals surface area contributed by atoms with Gasteiger partial charge in [0.05, 0.1) is 40.2 Å². The molecule has 0 saturated carbocycles. The lowest BCUT2D eigenvalue weighted by atomic mass is 9.90. The molecule has 8 amide bonds. The van der Waals surface area contributed by atoms with Crippen molar-refractivity contribution in [3.63, 3.8) is 0 Å². The number of hydrogen-bond acceptors (Lipinski definition) is 20. The Morgan fingerprint density at radius 2 is 1.09 bits per heavy atom. The van der Waals surface area contributed by atoms with Gasteiger partial charge in [0.25, 0.3) is 0 Å². The predicted molar refractivity (Wildman–Crippen MR) is 444 cm³/mol. The zero-order valence-electron chi connectivity index (χ0n) is 67.0. The van der Waals surface area contributed by atoms with Crippen LogP contribution in [0.15, 0.2) is 195 Å². The van der Waals surface area contributed by atoms with E-state index >= 15 is 4.79 Å². The highest BCUT2D eigenvalue weighted by molar-refractivity contribution is 8.00. The molecule has 6 aromatic rings. The Labute approximate surface area is 687 Å². The third kappa shape index (κ3) is 21.3. The Hall–Kier alpha value is -12.7. The number of anilines is 1. The number of carboxylic acids is 1. The Morgan fingerprint density at radius 3 is 1.65 bits per heavy atom. The average Bonchev–Trinajstić information content (AvgIpc) is 1.11. The van der Waals surface area contributed by atoms with Crippen LogP contribution in [0.1, 0.15) is 107 Å². The molecule has 6 aliphatic rings. The van der Waals surface area contributed by atoms with Crippen LogP contribution in [0.5, 0.6) is 40.2 Å². The van der Waals surface area contributed by atoms with Crippen LogP contribution >= 0.6 is 11.8 Å². The topological polar surface area (TPSA) is 355 Å². The first-order chi connectivity index (χ1) is 56.6. The lowest BCUT2D eigenvalue weighted by Crippen LogP contribution is -2.46. The SMILES string of the molecule is C/C(=C\[C@@H](C)C(=O)N(C/C(C)=C/[C@H](C)C(=O)N(C/C(C)=C/[C@H](C)C(=O)N(C/C(C)=C/[C@H](C)C(=O)NCCCC(=O)N[C@@H](CSC1CC(=O)N(c2ccc(-c3c4ccc(=O)cc-4oc4cc(O)ccc34)c(C(=O)O)c2)C1=O)C(N)=O)Cc1ccccc1)Cc1ccc2c(c1)OCO2)Cc1ccc2c(c1)OCO2)CNCc1ccc2c(c1)OCO2. The van der Waals surface area contributed by atoms with Gasteiger partial charge in [-0.1, -0.05) is 129 Å². The van der Waals surface area contributed by atoms with Crippen molar-refractivity contribution < 1.29 is 86.2 Å². The van der Waals surface area contributed by atoms with Gasteiger partial charge >= 0.3 is 5.97 Å². The largest absolute Gasteiger partial charge is 0.508 e. The number of carbonyl (C=O) groups is 9. The van der Waals surface area contributed by atoms with Gasteiger partial charge in [-0.15, -0.1) is 11.8 Å². The van der Waals surface area contributed by atoms with E-state index in [4.69, 9.17) is 38.6 Å². The van der Waals surface area contributed by atoms with Crippen molar-refractivity contribution in [3.8, 4) is 62.7 Å². The molecule has 0 radical (unpaired) electrons. The molecule has 1 aliphatic carbocycles. The third-order valence-corrected chi connectivity index (χ3v) is 21.8. The fraction of sp³-hybridized carbons (Fsp3) is 0.333. The number of ether oxygens (including phenoxy) is 6. The molecule has 6 atom stereocenters. The quantitative estimate of drug-likeness (QED) is 0.00919. The standard InChI is InChI=1S/C90H96N8O19S/c1-52(40-92-41-61-16-25-72-77(33-61)114-49-111-72)29-57(6)86(105)96(46-62-17-26-73-78(34-62)115-50-112-73)43-55(4)32-59(8)88(107)97(47-63-18-27-74-79(35-63)116-51-113-74)44-54(3)31-58(7)87(106)95(45-60-13-10-9-11-14-60)42-53(2)30-56(5)85(104)93-28-12-15-81(101)94-71(84(91)103)48-118-80-39-82(102)98(89(80)108)64-19-22-67(70(36-64)90(109)110)83-68-23-20-65(99)37-75(68)117-76-38-66(100)21-24-69(76)83/h9-11,13-14,16-27,29-38,56-59,71,80,92,99H,12,15,28,39-51H2,1-8H3,(H2,91,103)(H,93,104)(H,94,101)(H,109,110)/b52-29+,53-30+,54-31+,55-32+/t56-,57+,58-,59-,71-,80?/m0/s1. The molecule has 0 bridgehead atoms. The number of benzene rings is 7. The van der Waals surface area contributed by atoms with Crippen LogP contribution in [0.2, 0.25) is 0 Å². The number of rotatable bonds is 36. The number of nitrogens with zero attached hydrogens (tertiary/aromatic N) is 4. The number of carbonyl (C=O) groups excluding carboxylic acids is 8. The molecule has 0 aromatic heterocycles. The number of aromatic carboxylic acids is 1. The van der Waals surface area contributed by atoms with Gasteiger partial charge in [-0.25, -0.2) is 9.69 Å². The number of carboxylic acid groups (broad SMARTS) is 1. The number of primary amides is 1. The zero-order valence-corrected chi connectivity index (χ0v) is 67.8. The fourth-order valence-corrected chi connectivity index (χ4v) is 16.1. The Bertz CT molecular complexity index is 5330. The molecule has 1 saturated heterocycles. The second kappa shape index (κ2) is 38.4. The van der Waals surface area contributed by atoms with Crippen LogP contribution in [0.4, 0.5) is 5.69 Å². The fourth-order valence-electron chi connectivity index (χ4n) is 14.9. The van der Waals surface area contributed by atoms with E-state index in [0.29, 0.717) is 58.4 Å². The van der Waals surface area contributed by atoms with Crippen LogP contribution in [-0.4, -0.2) is 148 Å². The van der Waals surface area contributed by atoms with Gasteiger partial charge in [0.15, 0.2) is 39.9 Å². The number of nitrogens with two attached hydrogens (primary N) is 1. The minimum absolute atomic E-state index is 0.0265. The summed E-state index contributed by atoms with van der Waals surface area (Å²) in [5.41, 5.74) is 13.0. The van der Waals surface area contributed by atoms with E-state index in [1.54, 1.807) is 33.8 Å². The first kappa shape index (κ1) is 84.7. The number of hydrogen-bond donors (Lipinski definition) is 6. The predicted octanol–water partition coefficient (Wildman–Crippen LogP) is 11.6. The molecule has 5 aliphatic heterocycles. The van der Waals surface area contributed by atoms with Crippen LogP contribution < -0.4 is 60.4 Å². The van der Waals surface area contributed by atoms with Crippen molar-refractivity contribution in [1.29, 1.82) is 0 Å². The van der Waals surface area contributed by atoms with Gasteiger partial charge in [0.2, 0.25) is 67.6 Å². The van der Waals surface area contributed by atoms with Crippen LogP contribution in [0, 0.1) is 23.7 Å². The molecule has 1 fully saturated rings. The maximum Gasteiger partial charge on any atom is 0.336 e. The van der Waals surface area contributed by atoms with E-state index in [1.165, 1.54) is 48.5 Å². The summed E-state index contributed by atoms with van der Waals surface area (Å²) in [5.74, 6) is -3.83. The molecule has 616 valence electrons. The van der Waals surface area contributed by atoms with Gasteiger partial charge in [0, 0.05) is 106 Å². The summed E-state index contributed by atoms with van der Waals surface area (Å²) >= 11 is 0.929. The van der Waals surface area contributed by atoms with E-state index in [9.17, 15) is 53.4 Å². The number of phenolic OH excluding ortho intramolecular Hbond substituents is 1. The monoisotopic (exact) mass is 1620 g/mol. The van der Waals surface area contributed by atoms with Gasteiger partial charge in [-0.3, -0.25) is 43.2 Å². The van der Waals surface area contributed by atoms with E-state index in [1.807, 2.05) is 152 Å². The molecule has 5 heterocycles. The van der Waals surface area contributed by atoms with Crippen LogP contribution in [0.25, 0.3) is 33.4 Å². The van der Waals surface area contributed by atoms with Crippen molar-refractivity contribution in [2.24, 2.45) is 29.4 Å². The summed E-state index contributed by atoms with van der Waals surface area (Å²) in [7, 11) is 0. The highest BCUT2D eigenvalue weighted by atomic mass is 32.2. The van der Waals surface area contributed by atoms with Crippen molar-refractivity contribution in [2.75, 3.05) is 63.8 Å². The summed E-state index contributed by atoms with van der Waals surface area (Å²) < 4.78 is 39.6. The van der Waals surface area contributed by atoms with Crippen molar-refractivity contribution in [3.05, 3.63) is 224 Å². The van der Waals surface area contributed by atoms with Crippen LogP contribution in [0.3, 0.4) is 0 Å². The van der Waals surface area contributed by atoms with E-state index in [0.717, 1.165) is 67.0 Å². The molecule has 118 heavy (non-hydrogen) atoms. The maximum atomic E-state index is 15.1. The molecular weight excluding hydrogens is 1530 g/mol. The Kier molecular flexibility index (Phi) is 27.6. The number of phenols is 1. The summed E-state index contributed by atoms with van der Waals surface area (Å²) in [6.45, 7) is 17.8. The summed E-state index contributed by atoms with van der Waals surface area (Å²) in [6.07, 6.45) is 7.27. The smallest absolute Gasteiger partial charge is 0.336 e. The first-order valence-corrected chi connectivity index (χ1v) is 40.0. The molecule has 28 heteroatoms. The Balaban J connectivity index is 0.646. The van der Waals surface area contributed by atoms with Crippen molar-refractivity contribution >= 4 is 81.6 Å². The number of thioether (sulfide) groups is 1. The van der Waals surface area contributed by atoms with E-state index in [2.05, 4.69) is 16.0 Å². The van der Waals surface area contributed by atoms with Gasteiger partial charge in [-0.05, 0) is 135 Å². The Morgan fingerprint density at radius 1 is 0.576 bits per heavy atom.